The van der Waals surface area contributed by atoms with Crippen molar-refractivity contribution in [2.45, 2.75) is 26.1 Å². The number of alkyl halides is 3. The molecule has 1 aromatic heterocycles. The highest BCUT2D eigenvalue weighted by atomic mass is 19.4. The molecule has 0 atom stereocenters. The maximum Gasteiger partial charge on any atom is 0.433 e. The molecule has 1 rings (SSSR count). The largest absolute Gasteiger partial charge is 0.433 e. The molecule has 0 aliphatic carbocycles. The highest BCUT2D eigenvalue weighted by Gasteiger charge is 2.34. The molecule has 0 saturated carbocycles. The van der Waals surface area contributed by atoms with Crippen LogP contribution in [0.15, 0.2) is 10.9 Å². The fraction of sp³-hybridized carbons (Fsp3) is 0.571. The summed E-state index contributed by atoms with van der Waals surface area (Å²) >= 11 is 0. The molecule has 0 bridgehead atoms. The van der Waals surface area contributed by atoms with Gasteiger partial charge in [0, 0.05) is 12.6 Å². The molecule has 3 nitrogen and oxygen atoms in total. The summed E-state index contributed by atoms with van der Waals surface area (Å²) in [5.74, 6) is 0. The number of aromatic nitrogens is 2. The van der Waals surface area contributed by atoms with E-state index in [-0.39, 0.29) is 6.54 Å². The Labute approximate surface area is 72.2 Å². The molecule has 0 amide bonds. The number of nitrogens with zero attached hydrogens (tertiary/aromatic N) is 1. The van der Waals surface area contributed by atoms with Gasteiger partial charge in [-0.2, -0.15) is 13.2 Å². The number of aromatic amines is 1. The van der Waals surface area contributed by atoms with E-state index in [1.807, 2.05) is 0 Å². The highest BCUT2D eigenvalue weighted by molar-refractivity contribution is 5.05. The smallest absolute Gasteiger partial charge is 0.280 e. The third-order valence-electron chi connectivity index (χ3n) is 1.54. The Morgan fingerprint density at radius 3 is 2.62 bits per heavy atom. The van der Waals surface area contributed by atoms with E-state index in [1.54, 1.807) is 6.92 Å². The van der Waals surface area contributed by atoms with Gasteiger partial charge in [0.2, 0.25) is 0 Å². The zero-order valence-corrected chi connectivity index (χ0v) is 6.98. The average Bonchev–Trinajstić information content (AvgIpc) is 2.30. The molecule has 0 saturated heterocycles. The summed E-state index contributed by atoms with van der Waals surface area (Å²) in [7, 11) is 0. The molecule has 0 unspecified atom stereocenters. The summed E-state index contributed by atoms with van der Waals surface area (Å²) in [5, 5.41) is 2.09. The van der Waals surface area contributed by atoms with Crippen LogP contribution in [0, 0.1) is 0 Å². The van der Waals surface area contributed by atoms with Gasteiger partial charge in [-0.15, -0.1) is 0 Å². The Morgan fingerprint density at radius 2 is 2.15 bits per heavy atom. The Kier molecular flexibility index (Phi) is 2.49. The molecule has 1 N–H and O–H groups in total. The van der Waals surface area contributed by atoms with Gasteiger partial charge in [0.25, 0.3) is 5.56 Å². The number of nitrogens with one attached hydrogen (secondary N) is 1. The van der Waals surface area contributed by atoms with Crippen molar-refractivity contribution in [3.8, 4) is 0 Å². The van der Waals surface area contributed by atoms with Crippen LogP contribution in [0.1, 0.15) is 19.0 Å². The van der Waals surface area contributed by atoms with Crippen molar-refractivity contribution in [2.24, 2.45) is 0 Å². The fourth-order valence-corrected chi connectivity index (χ4v) is 1.06. The minimum atomic E-state index is -4.46. The van der Waals surface area contributed by atoms with Gasteiger partial charge in [0.05, 0.1) is 0 Å². The molecule has 74 valence electrons. The second kappa shape index (κ2) is 3.27. The van der Waals surface area contributed by atoms with Crippen LogP contribution in [-0.4, -0.2) is 9.78 Å². The number of hydrogen-bond acceptors (Lipinski definition) is 1. The van der Waals surface area contributed by atoms with Gasteiger partial charge in [-0.25, -0.2) is 0 Å². The molecule has 0 aliphatic rings. The summed E-state index contributed by atoms with van der Waals surface area (Å²) in [6.45, 7) is 1.90. The predicted octanol–water partition coefficient (Wildman–Crippen LogP) is 1.61. The third kappa shape index (κ3) is 2.13. The van der Waals surface area contributed by atoms with Crippen LogP contribution in [0.25, 0.3) is 0 Å². The van der Waals surface area contributed by atoms with Crippen molar-refractivity contribution in [1.82, 2.24) is 9.78 Å². The van der Waals surface area contributed by atoms with Crippen molar-refractivity contribution >= 4 is 0 Å². The Balaban J connectivity index is 3.12. The minimum Gasteiger partial charge on any atom is -0.280 e. The maximum absolute atomic E-state index is 12.2. The van der Waals surface area contributed by atoms with E-state index in [1.165, 1.54) is 0 Å². The molecule has 1 aromatic rings. The summed E-state index contributed by atoms with van der Waals surface area (Å²) in [4.78, 5) is 10.7. The van der Waals surface area contributed by atoms with Gasteiger partial charge in [-0.05, 0) is 6.42 Å². The lowest BCUT2D eigenvalue weighted by atomic mass is 10.4. The summed E-state index contributed by atoms with van der Waals surface area (Å²) in [6, 6.07) is 0.565. The number of halogens is 3. The molecule has 0 radical (unpaired) electrons. The molecule has 6 heteroatoms. The Bertz CT molecular complexity index is 336. The zero-order valence-electron chi connectivity index (χ0n) is 6.98. The lowest BCUT2D eigenvalue weighted by Crippen LogP contribution is -2.14. The SMILES string of the molecule is CCCn1[nH]c(=O)cc1C(F)(F)F. The van der Waals surface area contributed by atoms with Gasteiger partial charge in [-0.3, -0.25) is 14.6 Å². The second-order valence-electron chi connectivity index (χ2n) is 2.66. The average molecular weight is 194 g/mol. The molecular weight excluding hydrogens is 185 g/mol. The van der Waals surface area contributed by atoms with Crippen molar-refractivity contribution in [3.63, 3.8) is 0 Å². The van der Waals surface area contributed by atoms with E-state index in [0.717, 1.165) is 4.68 Å². The van der Waals surface area contributed by atoms with Crippen molar-refractivity contribution in [3.05, 3.63) is 22.1 Å². The topological polar surface area (TPSA) is 37.8 Å². The van der Waals surface area contributed by atoms with Gasteiger partial charge in [-0.1, -0.05) is 6.92 Å². The van der Waals surface area contributed by atoms with E-state index in [2.05, 4.69) is 5.10 Å². The minimum absolute atomic E-state index is 0.164. The number of H-pyrrole nitrogens is 1. The zero-order chi connectivity index (χ0) is 10.1. The monoisotopic (exact) mass is 194 g/mol. The van der Waals surface area contributed by atoms with Crippen LogP contribution in [0.2, 0.25) is 0 Å². The second-order valence-corrected chi connectivity index (χ2v) is 2.66. The summed E-state index contributed by atoms with van der Waals surface area (Å²) < 4.78 is 37.4. The van der Waals surface area contributed by atoms with Crippen LogP contribution in [0.4, 0.5) is 13.2 Å². The van der Waals surface area contributed by atoms with Gasteiger partial charge < -0.3 is 0 Å². The number of aryl methyl sites for hydroxylation is 1. The molecule has 0 aromatic carbocycles. The lowest BCUT2D eigenvalue weighted by Gasteiger charge is -2.09. The van der Waals surface area contributed by atoms with Crippen molar-refractivity contribution in [2.75, 3.05) is 0 Å². The first-order valence-electron chi connectivity index (χ1n) is 3.82. The van der Waals surface area contributed by atoms with Crippen LogP contribution in [0.3, 0.4) is 0 Å². The van der Waals surface area contributed by atoms with E-state index in [4.69, 9.17) is 0 Å². The van der Waals surface area contributed by atoms with E-state index in [0.29, 0.717) is 12.5 Å². The van der Waals surface area contributed by atoms with E-state index >= 15 is 0 Å². The standard InChI is InChI=1S/C7H9F3N2O/c1-2-3-12-5(7(8,9)10)4-6(13)11-12/h4H,2-3H2,1H3,(H,11,13). The fourth-order valence-electron chi connectivity index (χ4n) is 1.06. The molecular formula is C7H9F3N2O. The van der Waals surface area contributed by atoms with E-state index in [9.17, 15) is 18.0 Å². The molecule has 1 heterocycles. The van der Waals surface area contributed by atoms with Gasteiger partial charge in [0.1, 0.15) is 5.69 Å². The normalized spacial score (nSPS) is 12.0. The van der Waals surface area contributed by atoms with Crippen LogP contribution >= 0.6 is 0 Å². The molecule has 0 fully saturated rings. The van der Waals surface area contributed by atoms with Gasteiger partial charge >= 0.3 is 6.18 Å². The highest BCUT2D eigenvalue weighted by Crippen LogP contribution is 2.27. The lowest BCUT2D eigenvalue weighted by molar-refractivity contribution is -0.144. The third-order valence-corrected chi connectivity index (χ3v) is 1.54. The molecule has 13 heavy (non-hydrogen) atoms. The van der Waals surface area contributed by atoms with Crippen molar-refractivity contribution in [1.29, 1.82) is 0 Å². The van der Waals surface area contributed by atoms with E-state index < -0.39 is 17.4 Å². The number of rotatable bonds is 2. The van der Waals surface area contributed by atoms with Gasteiger partial charge in [0.15, 0.2) is 0 Å². The van der Waals surface area contributed by atoms with Crippen LogP contribution in [0.5, 0.6) is 0 Å². The van der Waals surface area contributed by atoms with Crippen LogP contribution in [-0.2, 0) is 12.7 Å². The van der Waals surface area contributed by atoms with Crippen molar-refractivity contribution < 1.29 is 13.2 Å². The van der Waals surface area contributed by atoms with Crippen LogP contribution < -0.4 is 5.56 Å². The summed E-state index contributed by atoms with van der Waals surface area (Å²) in [5.41, 5.74) is -1.64. The predicted molar refractivity (Wildman–Crippen MR) is 40.3 cm³/mol. The quantitative estimate of drug-likeness (QED) is 0.762. The Hall–Kier alpha value is -1.20. The maximum atomic E-state index is 12.2. The Morgan fingerprint density at radius 1 is 1.54 bits per heavy atom. The molecule has 0 aliphatic heterocycles. The first-order valence-corrected chi connectivity index (χ1v) is 3.82. The summed E-state index contributed by atoms with van der Waals surface area (Å²) in [6.07, 6.45) is -3.93. The number of hydrogen-bond donors (Lipinski definition) is 1. The molecule has 0 spiro atoms. The first-order chi connectivity index (χ1) is 5.95. The first kappa shape index (κ1) is 9.88.